The highest BCUT2D eigenvalue weighted by Gasteiger charge is 2.61. The van der Waals surface area contributed by atoms with Crippen molar-refractivity contribution in [3.63, 3.8) is 0 Å². The quantitative estimate of drug-likeness (QED) is 0.391. The zero-order chi connectivity index (χ0) is 28.3. The van der Waals surface area contributed by atoms with E-state index in [1.54, 1.807) is 12.1 Å². The second-order valence-corrected chi connectivity index (χ2v) is 15.4. The molecule has 4 saturated carbocycles. The first-order valence-corrected chi connectivity index (χ1v) is 16.2. The number of hydrogen-bond acceptors (Lipinski definition) is 5. The second kappa shape index (κ2) is 10.6. The minimum Gasteiger partial charge on any atom is -0.389 e. The highest BCUT2D eigenvalue weighted by atomic mass is 32.2. The van der Waals surface area contributed by atoms with Gasteiger partial charge in [0.2, 0.25) is 0 Å². The van der Waals surface area contributed by atoms with Crippen LogP contribution in [-0.4, -0.2) is 64.5 Å². The van der Waals surface area contributed by atoms with Gasteiger partial charge in [0.1, 0.15) is 5.78 Å². The number of Topliss-reactive ketones (excluding diaryl/α,β-unsaturated/α-hetero) is 1. The molecule has 0 amide bonds. The molecule has 1 aromatic carbocycles. The van der Waals surface area contributed by atoms with Crippen LogP contribution in [0.5, 0.6) is 0 Å². The molecule has 8 heteroatoms. The Morgan fingerprint density at radius 1 is 0.975 bits per heavy atom. The summed E-state index contributed by atoms with van der Waals surface area (Å²) in [7, 11) is 0. The van der Waals surface area contributed by atoms with Crippen molar-refractivity contribution in [2.24, 2.45) is 34.5 Å². The molecular formula is C32H45F3N2O2S. The summed E-state index contributed by atoms with van der Waals surface area (Å²) in [6, 6.07) is 6.78. The molecule has 7 atom stereocenters. The minimum atomic E-state index is -4.27. The highest BCUT2D eigenvalue weighted by molar-refractivity contribution is 8.00. The lowest BCUT2D eigenvalue weighted by molar-refractivity contribution is -0.158. The number of nitrogens with zero attached hydrogens (tertiary/aromatic N) is 2. The Morgan fingerprint density at radius 2 is 1.73 bits per heavy atom. The molecule has 1 aliphatic heterocycles. The van der Waals surface area contributed by atoms with Crippen LogP contribution in [0, 0.1) is 34.5 Å². The van der Waals surface area contributed by atoms with E-state index in [0.717, 1.165) is 70.3 Å². The predicted octanol–water partition coefficient (Wildman–Crippen LogP) is 6.76. The molecule has 0 spiro atoms. The number of thioether (sulfide) groups is 1. The molecule has 0 bridgehead atoms. The third-order valence-corrected chi connectivity index (χ3v) is 12.8. The molecule has 0 aromatic heterocycles. The Kier molecular flexibility index (Phi) is 7.66. The van der Waals surface area contributed by atoms with Crippen LogP contribution in [0.15, 0.2) is 29.2 Å². The fourth-order valence-electron chi connectivity index (χ4n) is 9.86. The maximum atomic E-state index is 12.8. The lowest BCUT2D eigenvalue weighted by Gasteiger charge is -2.61. The van der Waals surface area contributed by atoms with Crippen LogP contribution < -0.4 is 0 Å². The Labute approximate surface area is 241 Å². The van der Waals surface area contributed by atoms with E-state index in [0.29, 0.717) is 42.5 Å². The number of fused-ring (bicyclic) bond motifs is 5. The SMILES string of the molecule is C[C@]12CCC(O)(CN3CCN(Cc4cccc(SC(F)(F)F)c4)CC3)CC1CC[C@@H]1[C@H]2CC[C@]2(C)C(=O)CC[C@@H]12. The Balaban J connectivity index is 1.02. The van der Waals surface area contributed by atoms with Gasteiger partial charge in [0.05, 0.1) is 5.60 Å². The fraction of sp³-hybridized carbons (Fsp3) is 0.781. The van der Waals surface area contributed by atoms with Gasteiger partial charge in [-0.15, -0.1) is 0 Å². The molecule has 6 rings (SSSR count). The summed E-state index contributed by atoms with van der Waals surface area (Å²) >= 11 is -0.0544. The Bertz CT molecular complexity index is 1110. The topological polar surface area (TPSA) is 43.8 Å². The van der Waals surface area contributed by atoms with Crippen LogP contribution in [-0.2, 0) is 11.3 Å². The van der Waals surface area contributed by atoms with Crippen molar-refractivity contribution in [1.82, 2.24) is 9.80 Å². The summed E-state index contributed by atoms with van der Waals surface area (Å²) in [5.74, 6) is 3.00. The Hall–Kier alpha value is -1.09. The van der Waals surface area contributed by atoms with Crippen LogP contribution >= 0.6 is 11.8 Å². The van der Waals surface area contributed by atoms with Crippen molar-refractivity contribution in [3.05, 3.63) is 29.8 Å². The molecule has 40 heavy (non-hydrogen) atoms. The molecule has 1 heterocycles. The number of hydrogen-bond donors (Lipinski definition) is 1. The molecule has 2 unspecified atom stereocenters. The lowest BCUT2D eigenvalue weighted by Crippen LogP contribution is -2.59. The molecule has 0 radical (unpaired) electrons. The van der Waals surface area contributed by atoms with Crippen LogP contribution in [0.4, 0.5) is 13.2 Å². The number of halogens is 3. The number of benzene rings is 1. The third-order valence-electron chi connectivity index (χ3n) is 12.1. The molecule has 1 saturated heterocycles. The molecule has 5 fully saturated rings. The van der Waals surface area contributed by atoms with E-state index in [1.807, 2.05) is 6.07 Å². The number of rotatable bonds is 5. The van der Waals surface area contributed by atoms with Crippen molar-refractivity contribution < 1.29 is 23.1 Å². The smallest absolute Gasteiger partial charge is 0.389 e. The average Bonchev–Trinajstić information content (AvgIpc) is 3.19. The molecule has 4 nitrogen and oxygen atoms in total. The predicted molar refractivity (Wildman–Crippen MR) is 152 cm³/mol. The van der Waals surface area contributed by atoms with Gasteiger partial charge in [0.15, 0.2) is 0 Å². The maximum absolute atomic E-state index is 12.8. The van der Waals surface area contributed by atoms with E-state index in [1.165, 1.54) is 25.3 Å². The molecular weight excluding hydrogens is 533 g/mol. The van der Waals surface area contributed by atoms with Gasteiger partial charge in [-0.25, -0.2) is 0 Å². The van der Waals surface area contributed by atoms with Crippen LogP contribution in [0.2, 0.25) is 0 Å². The van der Waals surface area contributed by atoms with Crippen molar-refractivity contribution in [3.8, 4) is 0 Å². The van der Waals surface area contributed by atoms with E-state index < -0.39 is 11.1 Å². The molecule has 4 aliphatic carbocycles. The first-order chi connectivity index (χ1) is 18.9. The fourth-order valence-corrected chi connectivity index (χ4v) is 10.5. The zero-order valence-electron chi connectivity index (χ0n) is 24.0. The van der Waals surface area contributed by atoms with Gasteiger partial charge in [-0.1, -0.05) is 26.0 Å². The van der Waals surface area contributed by atoms with Gasteiger partial charge >= 0.3 is 5.51 Å². The number of piperazine rings is 1. The van der Waals surface area contributed by atoms with Gasteiger partial charge < -0.3 is 5.11 Å². The van der Waals surface area contributed by atoms with Gasteiger partial charge in [0, 0.05) is 56.0 Å². The van der Waals surface area contributed by atoms with Crippen LogP contribution in [0.3, 0.4) is 0 Å². The number of carbonyl (C=O) groups is 1. The molecule has 1 N–H and O–H groups in total. The summed E-state index contributed by atoms with van der Waals surface area (Å²) in [6.07, 6.45) is 9.32. The summed E-state index contributed by atoms with van der Waals surface area (Å²) in [5.41, 5.74) is -3.80. The van der Waals surface area contributed by atoms with Crippen LogP contribution in [0.25, 0.3) is 0 Å². The number of carbonyl (C=O) groups excluding carboxylic acids is 1. The monoisotopic (exact) mass is 578 g/mol. The van der Waals surface area contributed by atoms with Gasteiger partial charge in [-0.2, -0.15) is 13.2 Å². The van der Waals surface area contributed by atoms with Gasteiger partial charge in [-0.3, -0.25) is 14.6 Å². The largest absolute Gasteiger partial charge is 0.446 e. The number of β-amino-alcohol motifs (C(OH)–C–C–N with tert-alkyl or cyclic N) is 1. The number of aliphatic hydroxyl groups is 1. The minimum absolute atomic E-state index is 0.0544. The second-order valence-electron chi connectivity index (χ2n) is 14.3. The van der Waals surface area contributed by atoms with Crippen molar-refractivity contribution in [2.45, 2.75) is 94.2 Å². The Morgan fingerprint density at radius 3 is 2.48 bits per heavy atom. The van der Waals surface area contributed by atoms with Crippen LogP contribution in [0.1, 0.15) is 77.2 Å². The molecule has 5 aliphatic rings. The van der Waals surface area contributed by atoms with E-state index in [9.17, 15) is 23.1 Å². The first kappa shape index (κ1) is 29.0. The molecule has 1 aromatic rings. The van der Waals surface area contributed by atoms with Crippen molar-refractivity contribution in [1.29, 1.82) is 0 Å². The zero-order valence-corrected chi connectivity index (χ0v) is 24.8. The summed E-state index contributed by atoms with van der Waals surface area (Å²) in [6.45, 7) is 9.59. The third kappa shape index (κ3) is 5.51. The summed E-state index contributed by atoms with van der Waals surface area (Å²) in [4.78, 5) is 17.7. The average molecular weight is 579 g/mol. The van der Waals surface area contributed by atoms with E-state index in [-0.39, 0.29) is 27.5 Å². The van der Waals surface area contributed by atoms with Gasteiger partial charge in [-0.05, 0) is 110 Å². The highest BCUT2D eigenvalue weighted by Crippen LogP contribution is 2.66. The number of ketones is 1. The standard InChI is InChI=1S/C32H45F3N2O2S/c1-29-12-13-31(39,19-23(29)6-7-25-26-8-9-28(38)30(26,2)11-10-27(25)29)21-37-16-14-36(15-17-37)20-22-4-3-5-24(18-22)40-32(33,34)35/h3-5,18,23,25-27,39H,6-17,19-21H2,1-2H3/t23?,25-,26-,27+,29-,30-,31?/m0/s1. The lowest BCUT2D eigenvalue weighted by atomic mass is 9.44. The summed E-state index contributed by atoms with van der Waals surface area (Å²) < 4.78 is 38.3. The number of alkyl halides is 3. The normalized spacial score (nSPS) is 40.9. The van der Waals surface area contributed by atoms with E-state index >= 15 is 0 Å². The van der Waals surface area contributed by atoms with E-state index in [4.69, 9.17) is 0 Å². The van der Waals surface area contributed by atoms with Crippen molar-refractivity contribution in [2.75, 3.05) is 32.7 Å². The van der Waals surface area contributed by atoms with E-state index in [2.05, 4.69) is 23.6 Å². The first-order valence-electron chi connectivity index (χ1n) is 15.4. The van der Waals surface area contributed by atoms with Gasteiger partial charge in [0.25, 0.3) is 0 Å². The summed E-state index contributed by atoms with van der Waals surface area (Å²) in [5, 5.41) is 11.8. The molecule has 222 valence electrons. The van der Waals surface area contributed by atoms with Crippen molar-refractivity contribution >= 4 is 17.5 Å². The maximum Gasteiger partial charge on any atom is 0.446 e.